The molecule has 1 aliphatic rings. The van der Waals surface area contributed by atoms with Crippen LogP contribution < -0.4 is 5.32 Å². The van der Waals surface area contributed by atoms with Crippen LogP contribution >= 0.6 is 0 Å². The fourth-order valence-electron chi connectivity index (χ4n) is 2.16. The van der Waals surface area contributed by atoms with Crippen LogP contribution in [0.1, 0.15) is 18.2 Å². The van der Waals surface area contributed by atoms with Crippen molar-refractivity contribution in [3.63, 3.8) is 0 Å². The van der Waals surface area contributed by atoms with E-state index in [1.807, 2.05) is 6.20 Å². The van der Waals surface area contributed by atoms with Crippen molar-refractivity contribution in [2.45, 2.75) is 26.5 Å². The number of aryl methyl sites for hydroxylation is 1. The SMILES string of the molecule is CCN1CCOC(CNCc2ccc(C)cn2)C1. The van der Waals surface area contributed by atoms with Crippen LogP contribution in [0.4, 0.5) is 0 Å². The van der Waals surface area contributed by atoms with Crippen LogP contribution in [0.3, 0.4) is 0 Å². The average molecular weight is 249 g/mol. The van der Waals surface area contributed by atoms with Crippen LogP contribution in [-0.2, 0) is 11.3 Å². The number of nitrogens with zero attached hydrogens (tertiary/aromatic N) is 2. The van der Waals surface area contributed by atoms with Crippen molar-refractivity contribution >= 4 is 0 Å². The van der Waals surface area contributed by atoms with Crippen molar-refractivity contribution in [1.29, 1.82) is 0 Å². The molecule has 2 rings (SSSR count). The van der Waals surface area contributed by atoms with Crippen molar-refractivity contribution in [2.75, 3.05) is 32.8 Å². The summed E-state index contributed by atoms with van der Waals surface area (Å²) in [6.07, 6.45) is 2.22. The first-order valence-electron chi connectivity index (χ1n) is 6.74. The van der Waals surface area contributed by atoms with Crippen molar-refractivity contribution in [1.82, 2.24) is 15.2 Å². The van der Waals surface area contributed by atoms with Crippen LogP contribution in [0.25, 0.3) is 0 Å². The summed E-state index contributed by atoms with van der Waals surface area (Å²) >= 11 is 0. The van der Waals surface area contributed by atoms with Gasteiger partial charge in [-0.05, 0) is 25.1 Å². The van der Waals surface area contributed by atoms with E-state index in [4.69, 9.17) is 4.74 Å². The lowest BCUT2D eigenvalue weighted by molar-refractivity contribution is -0.0254. The zero-order chi connectivity index (χ0) is 12.8. The van der Waals surface area contributed by atoms with Gasteiger partial charge in [-0.3, -0.25) is 9.88 Å². The minimum absolute atomic E-state index is 0.309. The summed E-state index contributed by atoms with van der Waals surface area (Å²) in [6, 6.07) is 4.17. The quantitative estimate of drug-likeness (QED) is 0.851. The van der Waals surface area contributed by atoms with Crippen molar-refractivity contribution in [2.24, 2.45) is 0 Å². The number of rotatable bonds is 5. The second-order valence-electron chi connectivity index (χ2n) is 4.84. The first kappa shape index (κ1) is 13.5. The van der Waals surface area contributed by atoms with Crippen molar-refractivity contribution in [3.05, 3.63) is 29.6 Å². The zero-order valence-electron chi connectivity index (χ0n) is 11.4. The Morgan fingerprint density at radius 2 is 2.39 bits per heavy atom. The third-order valence-electron chi connectivity index (χ3n) is 3.32. The first-order valence-corrected chi connectivity index (χ1v) is 6.74. The number of aromatic nitrogens is 1. The van der Waals surface area contributed by atoms with Gasteiger partial charge in [-0.2, -0.15) is 0 Å². The molecule has 0 radical (unpaired) electrons. The van der Waals surface area contributed by atoms with E-state index in [0.29, 0.717) is 6.10 Å². The van der Waals surface area contributed by atoms with Crippen molar-refractivity contribution in [3.8, 4) is 0 Å². The normalized spacial score (nSPS) is 21.1. The molecule has 1 unspecified atom stereocenters. The fraction of sp³-hybridized carbons (Fsp3) is 0.643. The number of pyridine rings is 1. The Balaban J connectivity index is 1.70. The Morgan fingerprint density at radius 3 is 3.11 bits per heavy atom. The monoisotopic (exact) mass is 249 g/mol. The molecule has 0 bridgehead atoms. The predicted molar refractivity (Wildman–Crippen MR) is 72.5 cm³/mol. The van der Waals surface area contributed by atoms with Gasteiger partial charge in [0.25, 0.3) is 0 Å². The highest BCUT2D eigenvalue weighted by atomic mass is 16.5. The molecule has 1 aromatic heterocycles. The summed E-state index contributed by atoms with van der Waals surface area (Å²) in [5, 5.41) is 3.42. The molecule has 2 heterocycles. The highest BCUT2D eigenvalue weighted by Crippen LogP contribution is 2.04. The van der Waals surface area contributed by atoms with Gasteiger partial charge in [0.2, 0.25) is 0 Å². The van der Waals surface area contributed by atoms with Crippen LogP contribution in [0, 0.1) is 6.92 Å². The topological polar surface area (TPSA) is 37.4 Å². The summed E-state index contributed by atoms with van der Waals surface area (Å²) < 4.78 is 5.74. The van der Waals surface area contributed by atoms with E-state index in [0.717, 1.165) is 45.0 Å². The maximum Gasteiger partial charge on any atom is 0.0826 e. The van der Waals surface area contributed by atoms with E-state index in [-0.39, 0.29) is 0 Å². The van der Waals surface area contributed by atoms with E-state index in [1.54, 1.807) is 0 Å². The number of likely N-dealkylation sites (N-methyl/N-ethyl adjacent to an activating group) is 1. The van der Waals surface area contributed by atoms with Gasteiger partial charge in [0.05, 0.1) is 18.4 Å². The third kappa shape index (κ3) is 4.05. The Morgan fingerprint density at radius 1 is 1.50 bits per heavy atom. The molecule has 100 valence electrons. The largest absolute Gasteiger partial charge is 0.374 e. The molecule has 1 atom stereocenters. The Hall–Kier alpha value is -0.970. The summed E-state index contributed by atoms with van der Waals surface area (Å²) in [4.78, 5) is 6.81. The first-order chi connectivity index (χ1) is 8.78. The lowest BCUT2D eigenvalue weighted by Crippen LogP contribution is -2.46. The molecule has 0 aromatic carbocycles. The number of morpholine rings is 1. The molecular formula is C14H23N3O. The molecule has 1 saturated heterocycles. The number of hydrogen-bond donors (Lipinski definition) is 1. The number of hydrogen-bond acceptors (Lipinski definition) is 4. The van der Waals surface area contributed by atoms with Gasteiger partial charge < -0.3 is 10.1 Å². The van der Waals surface area contributed by atoms with Gasteiger partial charge in [-0.15, -0.1) is 0 Å². The highest BCUT2D eigenvalue weighted by molar-refractivity contribution is 5.11. The molecule has 1 fully saturated rings. The third-order valence-corrected chi connectivity index (χ3v) is 3.32. The Bertz CT molecular complexity index is 353. The molecular weight excluding hydrogens is 226 g/mol. The lowest BCUT2D eigenvalue weighted by Gasteiger charge is -2.32. The average Bonchev–Trinajstić information content (AvgIpc) is 2.41. The van der Waals surface area contributed by atoms with E-state index in [2.05, 4.69) is 41.2 Å². The van der Waals surface area contributed by atoms with Gasteiger partial charge in [-0.25, -0.2) is 0 Å². The number of ether oxygens (including phenoxy) is 1. The Kier molecular flexibility index (Phi) is 5.11. The van der Waals surface area contributed by atoms with Gasteiger partial charge in [0.1, 0.15) is 0 Å². The van der Waals surface area contributed by atoms with Crippen LogP contribution in [-0.4, -0.2) is 48.8 Å². The standard InChI is InChI=1S/C14H23N3O/c1-3-17-6-7-18-14(11-17)10-15-9-13-5-4-12(2)8-16-13/h4-5,8,14-15H,3,6-7,9-11H2,1-2H3. The van der Waals surface area contributed by atoms with Gasteiger partial charge in [-0.1, -0.05) is 13.0 Å². The van der Waals surface area contributed by atoms with Gasteiger partial charge >= 0.3 is 0 Å². The molecule has 0 amide bonds. The molecule has 4 nitrogen and oxygen atoms in total. The molecule has 1 aromatic rings. The molecule has 0 spiro atoms. The van der Waals surface area contributed by atoms with Crippen LogP contribution in [0.5, 0.6) is 0 Å². The maximum absolute atomic E-state index is 5.74. The van der Waals surface area contributed by atoms with Crippen molar-refractivity contribution < 1.29 is 4.74 Å². The minimum atomic E-state index is 0.309. The second-order valence-corrected chi connectivity index (χ2v) is 4.84. The molecule has 0 saturated carbocycles. The van der Waals surface area contributed by atoms with E-state index >= 15 is 0 Å². The van der Waals surface area contributed by atoms with Crippen LogP contribution in [0.2, 0.25) is 0 Å². The zero-order valence-corrected chi connectivity index (χ0v) is 11.4. The number of nitrogens with one attached hydrogen (secondary N) is 1. The van der Waals surface area contributed by atoms with Crippen LogP contribution in [0.15, 0.2) is 18.3 Å². The fourth-order valence-corrected chi connectivity index (χ4v) is 2.16. The summed E-state index contributed by atoms with van der Waals surface area (Å²) in [5.41, 5.74) is 2.29. The van der Waals surface area contributed by atoms with E-state index < -0.39 is 0 Å². The molecule has 1 aliphatic heterocycles. The van der Waals surface area contributed by atoms with E-state index in [9.17, 15) is 0 Å². The van der Waals surface area contributed by atoms with Gasteiger partial charge in [0.15, 0.2) is 0 Å². The predicted octanol–water partition coefficient (Wildman–Crippen LogP) is 1.20. The maximum atomic E-state index is 5.74. The molecule has 1 N–H and O–H groups in total. The van der Waals surface area contributed by atoms with E-state index in [1.165, 1.54) is 5.56 Å². The molecule has 18 heavy (non-hydrogen) atoms. The van der Waals surface area contributed by atoms with Gasteiger partial charge in [0, 0.05) is 32.4 Å². The highest BCUT2D eigenvalue weighted by Gasteiger charge is 2.18. The molecule has 4 heteroatoms. The minimum Gasteiger partial charge on any atom is -0.374 e. The summed E-state index contributed by atoms with van der Waals surface area (Å²) in [5.74, 6) is 0. The second kappa shape index (κ2) is 6.83. The lowest BCUT2D eigenvalue weighted by atomic mass is 10.2. The summed E-state index contributed by atoms with van der Waals surface area (Å²) in [7, 11) is 0. The summed E-state index contributed by atoms with van der Waals surface area (Å²) in [6.45, 7) is 10.0. The molecule has 0 aliphatic carbocycles. The smallest absolute Gasteiger partial charge is 0.0826 e. The Labute approximate surface area is 109 Å².